The van der Waals surface area contributed by atoms with E-state index in [0.29, 0.717) is 0 Å². The molecule has 5 aliphatic carbocycles. The zero-order chi connectivity index (χ0) is 33.5. The number of methoxy groups -OCH3 is 1. The fourth-order valence-corrected chi connectivity index (χ4v) is 11.0. The molecule has 0 aliphatic heterocycles. The first-order chi connectivity index (χ1) is 21.5. The molecule has 0 aromatic heterocycles. The van der Waals surface area contributed by atoms with Crippen molar-refractivity contribution in [1.29, 1.82) is 0 Å². The van der Waals surface area contributed by atoms with E-state index in [1.54, 1.807) is 13.2 Å². The average molecular weight is 623 g/mol. The molecule has 1 aromatic carbocycles. The van der Waals surface area contributed by atoms with Gasteiger partial charge in [0.1, 0.15) is 5.75 Å². The molecule has 5 aliphatic rings. The molecule has 7 atom stereocenters. The highest BCUT2D eigenvalue weighted by Crippen LogP contribution is 2.73. The SMILES string of the molecule is [C-]#[N+]C1=C[C@]2(C)C3=CC(=O)[C@@H]4[C@@H]5CC(C)(C)CC[C@]5(NC(=O)/C=C/c5ccc(OC)cc5)CC[C@@]4(C)[C@]3(C)CC[C@H]2C(C)(C)C1=O. The third kappa shape index (κ3) is 4.59. The number of hydrogen-bond acceptors (Lipinski definition) is 4. The number of rotatable bonds is 4. The molecule has 6 nitrogen and oxygen atoms in total. The molecule has 6 rings (SSSR count). The summed E-state index contributed by atoms with van der Waals surface area (Å²) < 4.78 is 5.26. The number of nitrogens with zero attached hydrogens (tertiary/aromatic N) is 1. The number of carbonyl (C=O) groups is 3. The van der Waals surface area contributed by atoms with E-state index in [1.165, 1.54) is 0 Å². The Balaban J connectivity index is 1.39. The maximum atomic E-state index is 14.7. The summed E-state index contributed by atoms with van der Waals surface area (Å²) in [6.07, 6.45) is 13.5. The summed E-state index contributed by atoms with van der Waals surface area (Å²) >= 11 is 0. The molecule has 0 heterocycles. The maximum absolute atomic E-state index is 14.7. The Morgan fingerprint density at radius 2 is 1.65 bits per heavy atom. The number of benzene rings is 1. The molecular weight excluding hydrogens is 572 g/mol. The number of ether oxygens (including phenoxy) is 1. The van der Waals surface area contributed by atoms with Crippen LogP contribution < -0.4 is 10.1 Å². The number of hydrogen-bond donors (Lipinski definition) is 1. The molecule has 244 valence electrons. The monoisotopic (exact) mass is 622 g/mol. The molecular formula is C40H50N2O4. The molecule has 1 N–H and O–H groups in total. The molecule has 3 saturated carbocycles. The highest BCUT2D eigenvalue weighted by atomic mass is 16.5. The van der Waals surface area contributed by atoms with Gasteiger partial charge in [0.15, 0.2) is 11.6 Å². The summed E-state index contributed by atoms with van der Waals surface area (Å²) in [5.41, 5.74) is 0.0353. The third-order valence-corrected chi connectivity index (χ3v) is 13.8. The molecule has 0 saturated heterocycles. The van der Waals surface area contributed by atoms with Crippen LogP contribution in [0.5, 0.6) is 5.75 Å². The van der Waals surface area contributed by atoms with Crippen LogP contribution in [0.25, 0.3) is 10.9 Å². The van der Waals surface area contributed by atoms with E-state index < -0.39 is 16.4 Å². The number of amides is 1. The summed E-state index contributed by atoms with van der Waals surface area (Å²) in [5, 5.41) is 3.50. The lowest BCUT2D eigenvalue weighted by Crippen LogP contribution is -2.69. The van der Waals surface area contributed by atoms with Gasteiger partial charge in [-0.25, -0.2) is 4.85 Å². The molecule has 46 heavy (non-hydrogen) atoms. The van der Waals surface area contributed by atoms with Crippen LogP contribution in [0.15, 0.2) is 53.8 Å². The van der Waals surface area contributed by atoms with Crippen LogP contribution in [0.3, 0.4) is 0 Å². The predicted octanol–water partition coefficient (Wildman–Crippen LogP) is 8.15. The van der Waals surface area contributed by atoms with E-state index in [9.17, 15) is 14.4 Å². The van der Waals surface area contributed by atoms with Gasteiger partial charge < -0.3 is 14.8 Å². The second-order valence-electron chi connectivity index (χ2n) is 17.0. The number of ketones is 2. The predicted molar refractivity (Wildman–Crippen MR) is 180 cm³/mol. The standard InChI is InChI=1S/C40H50N2O4/c1-35(2)18-20-40(42-32(44)15-12-25-10-13-26(46-9)14-11-25)21-19-39(7)33(27(40)23-35)29(43)22-31-37(5)24-28(41-8)34(45)36(3,4)30(37)16-17-38(31,39)6/h10-15,22,24,27,30,33H,16-21,23H2,1-7,9H3,(H,42,44)/b15-12+/t27-,30-,33-,37-,38+,39+,40-/m0/s1. The second kappa shape index (κ2) is 10.5. The Hall–Kier alpha value is -3.46. The number of nitrogens with one attached hydrogen (secondary N) is 1. The van der Waals surface area contributed by atoms with Crippen LogP contribution in [0.1, 0.15) is 99.0 Å². The van der Waals surface area contributed by atoms with Crippen molar-refractivity contribution >= 4 is 23.5 Å². The molecule has 3 fully saturated rings. The van der Waals surface area contributed by atoms with E-state index >= 15 is 0 Å². The van der Waals surface area contributed by atoms with Crippen LogP contribution >= 0.6 is 0 Å². The Morgan fingerprint density at radius 1 is 0.978 bits per heavy atom. The van der Waals surface area contributed by atoms with Gasteiger partial charge in [-0.1, -0.05) is 72.2 Å². The Labute approximate surface area is 274 Å². The van der Waals surface area contributed by atoms with Crippen LogP contribution in [0.2, 0.25) is 0 Å². The first-order valence-corrected chi connectivity index (χ1v) is 17.0. The van der Waals surface area contributed by atoms with Crippen molar-refractivity contribution in [2.45, 2.75) is 99.0 Å². The van der Waals surface area contributed by atoms with E-state index in [2.05, 4.69) is 44.8 Å². The van der Waals surface area contributed by atoms with Gasteiger partial charge in [-0.3, -0.25) is 9.59 Å². The van der Waals surface area contributed by atoms with Gasteiger partial charge in [0.25, 0.3) is 0 Å². The van der Waals surface area contributed by atoms with Crippen molar-refractivity contribution in [2.75, 3.05) is 7.11 Å². The molecule has 0 spiro atoms. The Kier molecular flexibility index (Phi) is 7.43. The second-order valence-corrected chi connectivity index (χ2v) is 17.0. The summed E-state index contributed by atoms with van der Waals surface area (Å²) in [6, 6.07) is 7.62. The lowest BCUT2D eigenvalue weighted by atomic mass is 9.35. The summed E-state index contributed by atoms with van der Waals surface area (Å²) in [5.74, 6) is 0.547. The van der Waals surface area contributed by atoms with E-state index in [-0.39, 0.29) is 57.2 Å². The fraction of sp³-hybridized carbons (Fsp3) is 0.600. The lowest BCUT2D eigenvalue weighted by Gasteiger charge is -2.69. The van der Waals surface area contributed by atoms with Crippen LogP contribution in [-0.2, 0) is 14.4 Å². The summed E-state index contributed by atoms with van der Waals surface area (Å²) in [6.45, 7) is 23.2. The van der Waals surface area contributed by atoms with Crippen molar-refractivity contribution in [1.82, 2.24) is 5.32 Å². The van der Waals surface area contributed by atoms with Gasteiger partial charge in [-0.2, -0.15) is 0 Å². The zero-order valence-electron chi connectivity index (χ0n) is 28.9. The minimum atomic E-state index is -0.676. The van der Waals surface area contributed by atoms with E-state index in [0.717, 1.165) is 61.8 Å². The van der Waals surface area contributed by atoms with E-state index in [1.807, 2.05) is 56.3 Å². The summed E-state index contributed by atoms with van der Waals surface area (Å²) in [4.78, 5) is 45.4. The number of allylic oxidation sites excluding steroid dienone is 4. The molecule has 0 radical (unpaired) electrons. The molecule has 6 heteroatoms. The zero-order valence-corrected chi connectivity index (χ0v) is 28.9. The molecule has 0 unspecified atom stereocenters. The lowest BCUT2D eigenvalue weighted by molar-refractivity contribution is -0.163. The topological polar surface area (TPSA) is 76.8 Å². The van der Waals surface area contributed by atoms with Gasteiger partial charge in [-0.05, 0) is 103 Å². The minimum absolute atomic E-state index is 0.0136. The molecule has 1 amide bonds. The van der Waals surface area contributed by atoms with Crippen molar-refractivity contribution < 1.29 is 19.1 Å². The first kappa shape index (κ1) is 32.5. The van der Waals surface area contributed by atoms with Crippen molar-refractivity contribution in [2.24, 2.45) is 44.8 Å². The normalized spacial score (nSPS) is 39.1. The summed E-state index contributed by atoms with van der Waals surface area (Å²) in [7, 11) is 1.63. The van der Waals surface area contributed by atoms with Crippen molar-refractivity contribution in [3.8, 4) is 5.75 Å². The third-order valence-electron chi connectivity index (χ3n) is 13.8. The minimum Gasteiger partial charge on any atom is -0.497 e. The van der Waals surface area contributed by atoms with Crippen LogP contribution in [-0.4, -0.2) is 30.1 Å². The molecule has 1 aromatic rings. The quantitative estimate of drug-likeness (QED) is 0.272. The maximum Gasteiger partial charge on any atom is 0.244 e. The average Bonchev–Trinajstić information content (AvgIpc) is 3.00. The number of Topliss-reactive ketones (excluding diaryl/α,β-unsaturated/α-hetero) is 1. The van der Waals surface area contributed by atoms with Crippen LogP contribution in [0, 0.1) is 51.4 Å². The van der Waals surface area contributed by atoms with Crippen molar-refractivity contribution in [3.63, 3.8) is 0 Å². The van der Waals surface area contributed by atoms with Gasteiger partial charge in [0.05, 0.1) is 13.7 Å². The van der Waals surface area contributed by atoms with Gasteiger partial charge >= 0.3 is 0 Å². The smallest absolute Gasteiger partial charge is 0.244 e. The highest BCUT2D eigenvalue weighted by Gasteiger charge is 2.69. The largest absolute Gasteiger partial charge is 0.497 e. The van der Waals surface area contributed by atoms with Crippen LogP contribution in [0.4, 0.5) is 0 Å². The molecule has 0 bridgehead atoms. The number of fused-ring (bicyclic) bond motifs is 7. The number of carbonyl (C=O) groups excluding carboxylic acids is 3. The van der Waals surface area contributed by atoms with Crippen molar-refractivity contribution in [3.05, 3.63) is 70.7 Å². The Bertz CT molecular complexity index is 1620. The van der Waals surface area contributed by atoms with Gasteiger partial charge in [-0.15, -0.1) is 0 Å². The van der Waals surface area contributed by atoms with Gasteiger partial charge in [0, 0.05) is 28.4 Å². The highest BCUT2D eigenvalue weighted by molar-refractivity contribution is 6.03. The first-order valence-electron chi connectivity index (χ1n) is 17.0. The Morgan fingerprint density at radius 3 is 2.30 bits per heavy atom. The van der Waals surface area contributed by atoms with E-state index in [4.69, 9.17) is 11.3 Å². The fourth-order valence-electron chi connectivity index (χ4n) is 11.0. The van der Waals surface area contributed by atoms with Gasteiger partial charge in [0.2, 0.25) is 11.6 Å².